The van der Waals surface area contributed by atoms with Gasteiger partial charge in [-0.25, -0.2) is 4.98 Å². The molecule has 3 heterocycles. The maximum atomic E-state index is 12.1. The summed E-state index contributed by atoms with van der Waals surface area (Å²) < 4.78 is 2.00. The van der Waals surface area contributed by atoms with Gasteiger partial charge in [-0.15, -0.1) is 5.10 Å². The lowest BCUT2D eigenvalue weighted by Gasteiger charge is -2.07. The topological polar surface area (TPSA) is 88.5 Å². The van der Waals surface area contributed by atoms with Crippen molar-refractivity contribution >= 4 is 11.7 Å². The number of hydrogen-bond acceptors (Lipinski definition) is 4. The first-order valence-electron chi connectivity index (χ1n) is 6.06. The van der Waals surface area contributed by atoms with Gasteiger partial charge in [0.05, 0.1) is 12.4 Å². The van der Waals surface area contributed by atoms with Gasteiger partial charge >= 0.3 is 0 Å². The first-order chi connectivity index (χ1) is 8.84. The van der Waals surface area contributed by atoms with Crippen molar-refractivity contribution in [3.8, 4) is 0 Å². The smallest absolute Gasteiger partial charge is 0.275 e. The highest BCUT2D eigenvalue weighted by Gasteiger charge is 2.18. The summed E-state index contributed by atoms with van der Waals surface area (Å²) in [6, 6.07) is 0. The summed E-state index contributed by atoms with van der Waals surface area (Å²) in [5.41, 5.74) is 0.593. The number of anilines is 1. The van der Waals surface area contributed by atoms with Crippen LogP contribution in [0.15, 0.2) is 12.4 Å². The molecule has 1 aliphatic heterocycles. The summed E-state index contributed by atoms with van der Waals surface area (Å²) in [6.07, 6.45) is 7.47. The summed E-state index contributed by atoms with van der Waals surface area (Å²) in [5.74, 6) is 1.23. The highest BCUT2D eigenvalue weighted by molar-refractivity contribution is 6.02. The van der Waals surface area contributed by atoms with E-state index in [0.717, 1.165) is 31.6 Å². The number of amides is 1. The first-order valence-corrected chi connectivity index (χ1v) is 6.06. The molecule has 0 atom stereocenters. The number of aryl methyl sites for hydroxylation is 1. The van der Waals surface area contributed by atoms with Crippen molar-refractivity contribution in [2.24, 2.45) is 0 Å². The van der Waals surface area contributed by atoms with E-state index in [4.69, 9.17) is 0 Å². The van der Waals surface area contributed by atoms with Gasteiger partial charge in [0.1, 0.15) is 11.5 Å². The van der Waals surface area contributed by atoms with Crippen LogP contribution in [0.25, 0.3) is 0 Å². The van der Waals surface area contributed by atoms with E-state index >= 15 is 0 Å². The molecule has 7 heteroatoms. The molecular weight excluding hydrogens is 232 g/mol. The highest BCUT2D eigenvalue weighted by Crippen LogP contribution is 2.16. The molecule has 0 aliphatic carbocycles. The van der Waals surface area contributed by atoms with Crippen molar-refractivity contribution in [2.45, 2.75) is 32.2 Å². The number of rotatable bonds is 2. The summed E-state index contributed by atoms with van der Waals surface area (Å²) in [7, 11) is 0. The fraction of sp³-hybridized carbons (Fsp3) is 0.455. The van der Waals surface area contributed by atoms with E-state index in [0.29, 0.717) is 11.5 Å². The number of aromatic nitrogens is 5. The van der Waals surface area contributed by atoms with Gasteiger partial charge < -0.3 is 9.88 Å². The van der Waals surface area contributed by atoms with E-state index in [1.54, 1.807) is 6.20 Å². The van der Waals surface area contributed by atoms with Crippen LogP contribution < -0.4 is 5.32 Å². The molecule has 1 amide bonds. The third kappa shape index (κ3) is 1.99. The molecule has 0 radical (unpaired) electrons. The van der Waals surface area contributed by atoms with E-state index in [1.165, 1.54) is 12.6 Å². The second-order valence-electron chi connectivity index (χ2n) is 4.33. The highest BCUT2D eigenvalue weighted by atomic mass is 16.2. The number of imidazole rings is 1. The van der Waals surface area contributed by atoms with Gasteiger partial charge in [-0.2, -0.15) is 10.3 Å². The maximum Gasteiger partial charge on any atom is 0.275 e. The van der Waals surface area contributed by atoms with Crippen molar-refractivity contribution in [1.82, 2.24) is 25.0 Å². The Morgan fingerprint density at radius 1 is 1.33 bits per heavy atom. The normalized spacial score (nSPS) is 14.9. The molecule has 0 aromatic carbocycles. The first kappa shape index (κ1) is 10.9. The molecule has 0 fully saturated rings. The molecule has 2 N–H and O–H groups in total. The molecule has 3 rings (SSSR count). The Balaban J connectivity index is 1.83. The second kappa shape index (κ2) is 4.59. The Kier molecular flexibility index (Phi) is 2.79. The number of carbonyl (C=O) groups is 1. The van der Waals surface area contributed by atoms with Crippen LogP contribution in [-0.2, 0) is 13.0 Å². The fourth-order valence-corrected chi connectivity index (χ4v) is 2.22. The average molecular weight is 246 g/mol. The Bertz CT molecular complexity index is 544. The van der Waals surface area contributed by atoms with E-state index in [9.17, 15) is 4.79 Å². The van der Waals surface area contributed by atoms with E-state index in [-0.39, 0.29) is 5.91 Å². The van der Waals surface area contributed by atoms with Crippen molar-refractivity contribution in [1.29, 1.82) is 0 Å². The monoisotopic (exact) mass is 246 g/mol. The van der Waals surface area contributed by atoms with Crippen LogP contribution in [0.5, 0.6) is 0 Å². The number of nitrogens with zero attached hydrogens (tertiary/aromatic N) is 4. The van der Waals surface area contributed by atoms with Gasteiger partial charge in [-0.3, -0.25) is 4.79 Å². The zero-order chi connectivity index (χ0) is 12.4. The Hall–Kier alpha value is -2.18. The van der Waals surface area contributed by atoms with Crippen LogP contribution in [0, 0.1) is 0 Å². The van der Waals surface area contributed by atoms with Gasteiger partial charge in [0.15, 0.2) is 5.82 Å². The average Bonchev–Trinajstić information content (AvgIpc) is 2.95. The van der Waals surface area contributed by atoms with Crippen molar-refractivity contribution in [2.75, 3.05) is 5.32 Å². The number of nitrogens with one attached hydrogen (secondary N) is 2. The van der Waals surface area contributed by atoms with Gasteiger partial charge in [0.2, 0.25) is 0 Å². The number of fused-ring (bicyclic) bond motifs is 1. The molecule has 7 nitrogen and oxygen atoms in total. The Morgan fingerprint density at radius 2 is 2.28 bits per heavy atom. The van der Waals surface area contributed by atoms with Gasteiger partial charge in [0.25, 0.3) is 5.91 Å². The van der Waals surface area contributed by atoms with Gasteiger partial charge in [-0.05, 0) is 12.8 Å². The molecule has 0 spiro atoms. The quantitative estimate of drug-likeness (QED) is 0.826. The number of carbonyl (C=O) groups excluding carboxylic acids is 1. The summed E-state index contributed by atoms with van der Waals surface area (Å²) in [4.78, 5) is 16.4. The van der Waals surface area contributed by atoms with Crippen LogP contribution in [0.2, 0.25) is 0 Å². The predicted octanol–water partition coefficient (Wildman–Crippen LogP) is 0.980. The largest absolute Gasteiger partial charge is 0.324 e. The molecule has 0 bridgehead atoms. The molecule has 2 aromatic heterocycles. The molecular formula is C11H14N6O. The van der Waals surface area contributed by atoms with Crippen molar-refractivity contribution in [3.63, 3.8) is 0 Å². The fourth-order valence-electron chi connectivity index (χ4n) is 2.22. The zero-order valence-corrected chi connectivity index (χ0v) is 9.89. The number of H-pyrrole nitrogens is 1. The van der Waals surface area contributed by atoms with Crippen molar-refractivity contribution < 1.29 is 4.79 Å². The third-order valence-electron chi connectivity index (χ3n) is 3.11. The van der Waals surface area contributed by atoms with Crippen molar-refractivity contribution in [3.05, 3.63) is 23.9 Å². The van der Waals surface area contributed by atoms with Crippen LogP contribution in [0.4, 0.5) is 5.82 Å². The lowest BCUT2D eigenvalue weighted by Crippen LogP contribution is -2.18. The molecule has 94 valence electrons. The maximum absolute atomic E-state index is 12.1. The van der Waals surface area contributed by atoms with E-state index in [1.807, 2.05) is 4.57 Å². The van der Waals surface area contributed by atoms with Crippen LogP contribution in [0.1, 0.15) is 35.6 Å². The predicted molar refractivity (Wildman–Crippen MR) is 64.1 cm³/mol. The summed E-state index contributed by atoms with van der Waals surface area (Å²) in [5, 5.41) is 12.6. The molecule has 18 heavy (non-hydrogen) atoms. The number of hydrogen-bond donors (Lipinski definition) is 2. The Morgan fingerprint density at radius 3 is 3.11 bits per heavy atom. The minimum atomic E-state index is -0.190. The minimum Gasteiger partial charge on any atom is -0.324 e. The summed E-state index contributed by atoms with van der Waals surface area (Å²) in [6.45, 7) is 0.858. The van der Waals surface area contributed by atoms with Gasteiger partial charge in [0, 0.05) is 13.0 Å². The van der Waals surface area contributed by atoms with E-state index < -0.39 is 0 Å². The SMILES string of the molecule is O=C(Nc1cn[nH]n1)c1cnc2n1CCCCC2. The lowest BCUT2D eigenvalue weighted by atomic mass is 10.2. The molecule has 0 unspecified atom stereocenters. The minimum absolute atomic E-state index is 0.190. The van der Waals surface area contributed by atoms with Crippen LogP contribution in [-0.4, -0.2) is 30.9 Å². The molecule has 1 aliphatic rings. The Labute approximate surface area is 104 Å². The van der Waals surface area contributed by atoms with Crippen LogP contribution in [0.3, 0.4) is 0 Å². The molecule has 2 aromatic rings. The van der Waals surface area contributed by atoms with Gasteiger partial charge in [-0.1, -0.05) is 6.42 Å². The molecule has 0 saturated carbocycles. The van der Waals surface area contributed by atoms with E-state index in [2.05, 4.69) is 25.7 Å². The number of aromatic amines is 1. The van der Waals surface area contributed by atoms with Crippen LogP contribution >= 0.6 is 0 Å². The zero-order valence-electron chi connectivity index (χ0n) is 9.89. The second-order valence-corrected chi connectivity index (χ2v) is 4.33. The summed E-state index contributed by atoms with van der Waals surface area (Å²) >= 11 is 0. The third-order valence-corrected chi connectivity index (χ3v) is 3.11. The molecule has 0 saturated heterocycles. The lowest BCUT2D eigenvalue weighted by molar-refractivity contribution is 0.101. The standard InChI is InChI=1S/C11H14N6O/c18-11(14-9-7-13-16-15-9)8-6-12-10-4-2-1-3-5-17(8)10/h6-7H,1-5H2,(H2,13,14,15,16,18).